The summed E-state index contributed by atoms with van der Waals surface area (Å²) >= 11 is 1.50. The number of pyridine rings is 1. The van der Waals surface area contributed by atoms with Crippen LogP contribution in [0.15, 0.2) is 21.8 Å². The van der Waals surface area contributed by atoms with Gasteiger partial charge in [-0.2, -0.15) is 0 Å². The molecule has 1 aliphatic heterocycles. The van der Waals surface area contributed by atoms with Crippen molar-refractivity contribution < 1.29 is 9.53 Å². The Bertz CT molecular complexity index is 785. The fraction of sp³-hybridized carbons (Fsp3) is 0.438. The number of ether oxygens (including phenoxy) is 1. The number of rotatable bonds is 4. The third kappa shape index (κ3) is 3.20. The molecule has 8 heteroatoms. The maximum atomic E-state index is 13.0. The van der Waals surface area contributed by atoms with Gasteiger partial charge in [0, 0.05) is 50.2 Å². The lowest BCUT2D eigenvalue weighted by Gasteiger charge is -2.21. The lowest BCUT2D eigenvalue weighted by molar-refractivity contribution is 0.0777. The second kappa shape index (κ2) is 7.14. The topological polar surface area (TPSA) is 76.5 Å². The van der Waals surface area contributed by atoms with Gasteiger partial charge in [-0.05, 0) is 0 Å². The van der Waals surface area contributed by atoms with Crippen molar-refractivity contribution in [1.29, 1.82) is 0 Å². The summed E-state index contributed by atoms with van der Waals surface area (Å²) in [4.78, 5) is 31.2. The van der Waals surface area contributed by atoms with E-state index in [2.05, 4.69) is 10.3 Å². The second-order valence-electron chi connectivity index (χ2n) is 5.67. The van der Waals surface area contributed by atoms with Crippen molar-refractivity contribution in [2.75, 3.05) is 27.2 Å². The Hall–Kier alpha value is -2.19. The van der Waals surface area contributed by atoms with E-state index in [0.29, 0.717) is 37.4 Å². The van der Waals surface area contributed by atoms with E-state index in [1.807, 2.05) is 5.38 Å². The summed E-state index contributed by atoms with van der Waals surface area (Å²) in [5.41, 5.74) is 3.66. The summed E-state index contributed by atoms with van der Waals surface area (Å²) in [6.45, 7) is 2.40. The van der Waals surface area contributed by atoms with Crippen LogP contribution >= 0.6 is 11.3 Å². The monoisotopic (exact) mass is 348 g/mol. The van der Waals surface area contributed by atoms with Crippen molar-refractivity contribution in [3.8, 4) is 5.75 Å². The van der Waals surface area contributed by atoms with Crippen molar-refractivity contribution in [3.63, 3.8) is 0 Å². The first-order valence-electron chi connectivity index (χ1n) is 7.75. The Morgan fingerprint density at radius 2 is 2.33 bits per heavy atom. The van der Waals surface area contributed by atoms with E-state index in [4.69, 9.17) is 4.74 Å². The van der Waals surface area contributed by atoms with Crippen molar-refractivity contribution >= 4 is 17.2 Å². The van der Waals surface area contributed by atoms with Crippen LogP contribution in [0.3, 0.4) is 0 Å². The molecule has 7 nitrogen and oxygen atoms in total. The number of nitrogens with zero attached hydrogens (tertiary/aromatic N) is 3. The molecule has 3 rings (SSSR count). The van der Waals surface area contributed by atoms with E-state index in [-0.39, 0.29) is 11.5 Å². The summed E-state index contributed by atoms with van der Waals surface area (Å²) in [6.07, 6.45) is 0.609. The maximum Gasteiger partial charge on any atom is 0.259 e. The zero-order chi connectivity index (χ0) is 17.1. The van der Waals surface area contributed by atoms with Crippen LogP contribution in [0, 0.1) is 0 Å². The van der Waals surface area contributed by atoms with Crippen LogP contribution in [0.25, 0.3) is 0 Å². The van der Waals surface area contributed by atoms with Gasteiger partial charge in [-0.1, -0.05) is 0 Å². The minimum Gasteiger partial charge on any atom is -0.496 e. The number of amides is 1. The number of fused-ring (bicyclic) bond motifs is 1. The van der Waals surface area contributed by atoms with Gasteiger partial charge in [0.1, 0.15) is 11.3 Å². The lowest BCUT2D eigenvalue weighted by Crippen LogP contribution is -2.32. The van der Waals surface area contributed by atoms with Gasteiger partial charge in [-0.25, -0.2) is 4.98 Å². The average Bonchev–Trinajstić information content (AvgIpc) is 2.95. The first-order chi connectivity index (χ1) is 11.6. The van der Waals surface area contributed by atoms with Crippen molar-refractivity contribution in [3.05, 3.63) is 44.3 Å². The third-order valence-corrected chi connectivity index (χ3v) is 4.73. The van der Waals surface area contributed by atoms with E-state index in [1.165, 1.54) is 24.5 Å². The molecule has 128 valence electrons. The number of carbonyl (C=O) groups excluding carboxylic acids is 1. The van der Waals surface area contributed by atoms with Crippen LogP contribution in [-0.4, -0.2) is 47.6 Å². The molecule has 1 aliphatic rings. The van der Waals surface area contributed by atoms with Crippen LogP contribution < -0.4 is 15.6 Å². The quantitative estimate of drug-likeness (QED) is 0.882. The Balaban J connectivity index is 2.02. The number of carbonyl (C=O) groups is 1. The average molecular weight is 348 g/mol. The van der Waals surface area contributed by atoms with Gasteiger partial charge in [-0.15, -0.1) is 11.3 Å². The minimum absolute atomic E-state index is 0.135. The van der Waals surface area contributed by atoms with Crippen molar-refractivity contribution in [1.82, 2.24) is 19.8 Å². The number of aromatic nitrogens is 2. The fourth-order valence-corrected chi connectivity index (χ4v) is 3.46. The maximum absolute atomic E-state index is 13.0. The SMILES string of the molecule is COc1cc(=O)n2c(c1C(=O)N(C)Cc1cscn1)CCNCC2. The van der Waals surface area contributed by atoms with Crippen LogP contribution in [0.5, 0.6) is 5.75 Å². The van der Waals surface area contributed by atoms with E-state index < -0.39 is 0 Å². The number of thiazole rings is 1. The van der Waals surface area contributed by atoms with Crippen molar-refractivity contribution in [2.45, 2.75) is 19.5 Å². The highest BCUT2D eigenvalue weighted by atomic mass is 32.1. The normalized spacial score (nSPS) is 13.9. The smallest absolute Gasteiger partial charge is 0.259 e. The first-order valence-corrected chi connectivity index (χ1v) is 8.70. The highest BCUT2D eigenvalue weighted by molar-refractivity contribution is 7.07. The molecule has 1 amide bonds. The van der Waals surface area contributed by atoms with Gasteiger partial charge in [-0.3, -0.25) is 9.59 Å². The van der Waals surface area contributed by atoms with Gasteiger partial charge in [0.25, 0.3) is 11.5 Å². The fourth-order valence-electron chi connectivity index (χ4n) is 2.91. The molecule has 2 aromatic rings. The molecule has 0 saturated heterocycles. The molecule has 0 saturated carbocycles. The molecule has 0 aromatic carbocycles. The molecular formula is C16H20N4O3S. The third-order valence-electron chi connectivity index (χ3n) is 4.10. The zero-order valence-corrected chi connectivity index (χ0v) is 14.6. The van der Waals surface area contributed by atoms with Gasteiger partial charge in [0.05, 0.1) is 24.9 Å². The van der Waals surface area contributed by atoms with E-state index in [9.17, 15) is 9.59 Å². The van der Waals surface area contributed by atoms with Gasteiger partial charge in [0.2, 0.25) is 0 Å². The lowest BCUT2D eigenvalue weighted by atomic mass is 10.1. The Kier molecular flexibility index (Phi) is 4.96. The number of hydrogen-bond acceptors (Lipinski definition) is 6. The number of methoxy groups -OCH3 is 1. The molecule has 0 radical (unpaired) electrons. The van der Waals surface area contributed by atoms with Crippen LogP contribution in [0.1, 0.15) is 21.7 Å². The summed E-state index contributed by atoms with van der Waals surface area (Å²) in [5, 5.41) is 5.17. The summed E-state index contributed by atoms with van der Waals surface area (Å²) in [7, 11) is 3.22. The molecule has 0 spiro atoms. The molecule has 0 fully saturated rings. The predicted molar refractivity (Wildman–Crippen MR) is 91.7 cm³/mol. The molecule has 0 unspecified atom stereocenters. The number of hydrogen-bond donors (Lipinski definition) is 1. The largest absolute Gasteiger partial charge is 0.496 e. The summed E-state index contributed by atoms with van der Waals surface area (Å²) in [5.74, 6) is 0.175. The molecule has 24 heavy (non-hydrogen) atoms. The van der Waals surface area contributed by atoms with Crippen LogP contribution in [0.2, 0.25) is 0 Å². The zero-order valence-electron chi connectivity index (χ0n) is 13.7. The second-order valence-corrected chi connectivity index (χ2v) is 6.38. The summed E-state index contributed by atoms with van der Waals surface area (Å²) in [6, 6.07) is 1.40. The summed E-state index contributed by atoms with van der Waals surface area (Å²) < 4.78 is 7.02. The standard InChI is InChI=1S/C16H20N4O3S/c1-19(8-11-9-24-10-18-11)16(22)15-12-3-4-17-5-6-20(12)14(21)7-13(15)23-2/h7,9-10,17H,3-6,8H2,1-2H3. The Morgan fingerprint density at radius 1 is 1.50 bits per heavy atom. The minimum atomic E-state index is -0.162. The molecule has 0 atom stereocenters. The Morgan fingerprint density at radius 3 is 3.04 bits per heavy atom. The highest BCUT2D eigenvalue weighted by Gasteiger charge is 2.25. The molecule has 3 heterocycles. The molecule has 2 aromatic heterocycles. The first kappa shape index (κ1) is 16.7. The number of nitrogens with one attached hydrogen (secondary N) is 1. The van der Waals surface area contributed by atoms with Crippen LogP contribution in [0.4, 0.5) is 0 Å². The van der Waals surface area contributed by atoms with Gasteiger partial charge >= 0.3 is 0 Å². The molecule has 0 bridgehead atoms. The van der Waals surface area contributed by atoms with E-state index >= 15 is 0 Å². The molecule has 0 aliphatic carbocycles. The predicted octanol–water partition coefficient (Wildman–Crippen LogP) is 0.731. The Labute approximate surface area is 143 Å². The van der Waals surface area contributed by atoms with Crippen LogP contribution in [-0.2, 0) is 19.5 Å². The highest BCUT2D eigenvalue weighted by Crippen LogP contribution is 2.24. The van der Waals surface area contributed by atoms with Crippen molar-refractivity contribution in [2.24, 2.45) is 0 Å². The van der Waals surface area contributed by atoms with E-state index in [0.717, 1.165) is 17.9 Å². The molecule has 1 N–H and O–H groups in total. The van der Waals surface area contributed by atoms with Gasteiger partial charge < -0.3 is 19.5 Å². The van der Waals surface area contributed by atoms with E-state index in [1.54, 1.807) is 22.0 Å². The van der Waals surface area contributed by atoms with Gasteiger partial charge in [0.15, 0.2) is 0 Å². The molecular weight excluding hydrogens is 328 g/mol.